The maximum Gasteiger partial charge on any atom is 0.422 e. The van der Waals surface area contributed by atoms with Crippen LogP contribution in [0, 0.1) is 0 Å². The van der Waals surface area contributed by atoms with Crippen LogP contribution in [-0.4, -0.2) is 35.5 Å². The van der Waals surface area contributed by atoms with Gasteiger partial charge in [0.25, 0.3) is 0 Å². The van der Waals surface area contributed by atoms with Gasteiger partial charge in [-0.3, -0.25) is 11.1 Å². The fraction of sp³-hybridized carbons (Fsp3) is 0.600. The Morgan fingerprint density at radius 3 is 2.59 bits per heavy atom. The van der Waals surface area contributed by atoms with Crippen molar-refractivity contribution in [3.8, 4) is 0 Å². The van der Waals surface area contributed by atoms with Gasteiger partial charge in [0.05, 0.1) is 0 Å². The lowest BCUT2D eigenvalue weighted by Crippen LogP contribution is -2.67. The summed E-state index contributed by atoms with van der Waals surface area (Å²) in [5.74, 6) is -1.14. The predicted octanol–water partition coefficient (Wildman–Crippen LogP) is 0.292. The number of rotatable bonds is 1. The summed E-state index contributed by atoms with van der Waals surface area (Å²) in [6.45, 7) is 5.16. The van der Waals surface area contributed by atoms with Gasteiger partial charge in [-0.15, -0.1) is 0 Å². The van der Waals surface area contributed by atoms with Crippen molar-refractivity contribution >= 4 is 12.1 Å². The van der Waals surface area contributed by atoms with Crippen molar-refractivity contribution < 1.29 is 14.3 Å². The van der Waals surface area contributed by atoms with Gasteiger partial charge in [-0.2, -0.15) is 0 Å². The van der Waals surface area contributed by atoms with Crippen LogP contribution in [0.2, 0.25) is 0 Å². The maximum absolute atomic E-state index is 11.7. The molecule has 7 heteroatoms. The van der Waals surface area contributed by atoms with Crippen LogP contribution in [0.1, 0.15) is 20.8 Å². The summed E-state index contributed by atoms with van der Waals surface area (Å²) in [4.78, 5) is 24.1. The molecule has 0 spiro atoms. The number of ether oxygens (including phenoxy) is 1. The van der Waals surface area contributed by atoms with Gasteiger partial charge in [0.2, 0.25) is 0 Å². The lowest BCUT2D eigenvalue weighted by Gasteiger charge is -2.34. The van der Waals surface area contributed by atoms with Crippen molar-refractivity contribution in [3.05, 3.63) is 12.3 Å². The van der Waals surface area contributed by atoms with E-state index in [0.717, 1.165) is 4.90 Å². The molecule has 1 heterocycles. The van der Waals surface area contributed by atoms with Gasteiger partial charge in [0, 0.05) is 6.20 Å². The zero-order chi connectivity index (χ0) is 13.3. The second-order valence-electron chi connectivity index (χ2n) is 4.72. The van der Waals surface area contributed by atoms with Crippen molar-refractivity contribution in [1.29, 1.82) is 0 Å². The molecular formula is C10H18N4O3. The minimum atomic E-state index is -1.14. The highest BCUT2D eigenvalue weighted by Gasteiger charge is 2.34. The van der Waals surface area contributed by atoms with Gasteiger partial charge < -0.3 is 10.1 Å². The first-order valence-corrected chi connectivity index (χ1v) is 5.18. The van der Waals surface area contributed by atoms with E-state index in [1.165, 1.54) is 12.3 Å². The summed E-state index contributed by atoms with van der Waals surface area (Å²) < 4.78 is 5.06. The molecule has 0 aromatic heterocycles. The highest BCUT2D eigenvalue weighted by Crippen LogP contribution is 2.13. The molecule has 0 radical (unpaired) electrons. The van der Waals surface area contributed by atoms with Crippen LogP contribution in [-0.2, 0) is 4.74 Å². The standard InChI is InChI=1S/C10H18N4O3/c1-9(2,3)17-8(16)14-6-5-10(11,12-4)13-7(14)15/h5-6,12H,11H2,1-4H3,(H,13,15). The van der Waals surface area contributed by atoms with Gasteiger partial charge in [-0.05, 0) is 33.9 Å². The number of nitrogens with two attached hydrogens (primary N) is 1. The Morgan fingerprint density at radius 2 is 2.18 bits per heavy atom. The first kappa shape index (κ1) is 13.5. The van der Waals surface area contributed by atoms with Crippen LogP contribution < -0.4 is 16.4 Å². The van der Waals surface area contributed by atoms with Gasteiger partial charge in [0.1, 0.15) is 5.60 Å². The largest absolute Gasteiger partial charge is 0.443 e. The third kappa shape index (κ3) is 3.43. The molecule has 0 saturated carbocycles. The van der Waals surface area contributed by atoms with Gasteiger partial charge in [-0.1, -0.05) is 0 Å². The summed E-state index contributed by atoms with van der Waals surface area (Å²) in [6, 6.07) is -0.640. The first-order chi connectivity index (χ1) is 7.67. The molecule has 7 nitrogen and oxygen atoms in total. The molecule has 1 aliphatic rings. The average Bonchev–Trinajstić information content (AvgIpc) is 2.14. The summed E-state index contributed by atoms with van der Waals surface area (Å²) in [6.07, 6.45) is 1.99. The fourth-order valence-corrected chi connectivity index (χ4v) is 1.14. The number of hydrogen-bond donors (Lipinski definition) is 3. The Kier molecular flexibility index (Phi) is 3.44. The van der Waals surface area contributed by atoms with Crippen LogP contribution in [0.15, 0.2) is 12.3 Å². The van der Waals surface area contributed by atoms with Crippen LogP contribution >= 0.6 is 0 Å². The fourth-order valence-electron chi connectivity index (χ4n) is 1.14. The van der Waals surface area contributed by atoms with E-state index in [1.807, 2.05) is 0 Å². The number of likely N-dealkylation sites (N-methyl/N-ethyl adjacent to an activating group) is 1. The second-order valence-corrected chi connectivity index (χ2v) is 4.72. The van der Waals surface area contributed by atoms with Crippen LogP contribution in [0.4, 0.5) is 9.59 Å². The van der Waals surface area contributed by atoms with Crippen LogP contribution in [0.5, 0.6) is 0 Å². The van der Waals surface area contributed by atoms with Crippen molar-refractivity contribution in [2.75, 3.05) is 7.05 Å². The number of nitrogens with one attached hydrogen (secondary N) is 2. The minimum absolute atomic E-state index is 0.640. The number of urea groups is 1. The number of imide groups is 1. The Balaban J connectivity index is 2.78. The van der Waals surface area contributed by atoms with E-state index in [2.05, 4.69) is 10.6 Å². The molecule has 96 valence electrons. The van der Waals surface area contributed by atoms with Crippen molar-refractivity contribution in [3.63, 3.8) is 0 Å². The molecule has 1 rings (SSSR count). The average molecular weight is 242 g/mol. The van der Waals surface area contributed by atoms with Gasteiger partial charge >= 0.3 is 12.1 Å². The number of nitrogens with zero attached hydrogens (tertiary/aromatic N) is 1. The Morgan fingerprint density at radius 1 is 1.59 bits per heavy atom. The smallest absolute Gasteiger partial charge is 0.422 e. The third-order valence-electron chi connectivity index (χ3n) is 2.02. The molecule has 17 heavy (non-hydrogen) atoms. The van der Waals surface area contributed by atoms with E-state index in [4.69, 9.17) is 10.5 Å². The molecule has 0 fully saturated rings. The lowest BCUT2D eigenvalue weighted by molar-refractivity contribution is 0.0373. The first-order valence-electron chi connectivity index (χ1n) is 5.18. The zero-order valence-corrected chi connectivity index (χ0v) is 10.4. The highest BCUT2D eigenvalue weighted by molar-refractivity contribution is 5.93. The quantitative estimate of drug-likeness (QED) is 0.574. The van der Waals surface area contributed by atoms with E-state index >= 15 is 0 Å². The number of carbonyl (C=O) groups is 2. The lowest BCUT2D eigenvalue weighted by atomic mass is 10.2. The monoisotopic (exact) mass is 242 g/mol. The number of hydrogen-bond acceptors (Lipinski definition) is 5. The normalized spacial score (nSPS) is 24.5. The summed E-state index contributed by atoms with van der Waals surface area (Å²) in [7, 11) is 1.59. The van der Waals surface area contributed by atoms with E-state index < -0.39 is 23.5 Å². The van der Waals surface area contributed by atoms with Gasteiger partial charge in [0.15, 0.2) is 5.79 Å². The molecule has 3 amide bonds. The van der Waals surface area contributed by atoms with Crippen molar-refractivity contribution in [1.82, 2.24) is 15.5 Å². The summed E-state index contributed by atoms with van der Waals surface area (Å²) >= 11 is 0. The summed E-state index contributed by atoms with van der Waals surface area (Å²) in [5, 5.41) is 5.12. The predicted molar refractivity (Wildman–Crippen MR) is 61.7 cm³/mol. The molecule has 4 N–H and O–H groups in total. The zero-order valence-electron chi connectivity index (χ0n) is 10.4. The minimum Gasteiger partial charge on any atom is -0.443 e. The Bertz CT molecular complexity index is 361. The van der Waals surface area contributed by atoms with Crippen LogP contribution in [0.3, 0.4) is 0 Å². The number of carbonyl (C=O) groups excluding carboxylic acids is 2. The van der Waals surface area contributed by atoms with E-state index in [1.54, 1.807) is 27.8 Å². The molecule has 1 unspecified atom stereocenters. The molecule has 0 bridgehead atoms. The van der Waals surface area contributed by atoms with Crippen LogP contribution in [0.25, 0.3) is 0 Å². The third-order valence-corrected chi connectivity index (χ3v) is 2.02. The molecular weight excluding hydrogens is 224 g/mol. The van der Waals surface area contributed by atoms with E-state index in [0.29, 0.717) is 0 Å². The molecule has 0 aromatic rings. The Hall–Kier alpha value is -1.60. The van der Waals surface area contributed by atoms with E-state index in [-0.39, 0.29) is 0 Å². The highest BCUT2D eigenvalue weighted by atomic mass is 16.6. The van der Waals surface area contributed by atoms with Crippen molar-refractivity contribution in [2.24, 2.45) is 5.73 Å². The molecule has 0 aliphatic carbocycles. The number of amides is 3. The second kappa shape index (κ2) is 4.34. The molecule has 1 atom stereocenters. The molecule has 0 aromatic carbocycles. The maximum atomic E-state index is 11.7. The Labute approximate surface area is 100.0 Å². The molecule has 0 saturated heterocycles. The SMILES string of the molecule is CNC1(N)C=CN(C(=O)OC(C)(C)C)C(=O)N1. The van der Waals surface area contributed by atoms with E-state index in [9.17, 15) is 9.59 Å². The van der Waals surface area contributed by atoms with Crippen molar-refractivity contribution in [2.45, 2.75) is 32.2 Å². The van der Waals surface area contributed by atoms with Gasteiger partial charge in [-0.25, -0.2) is 14.5 Å². The summed E-state index contributed by atoms with van der Waals surface area (Å²) in [5.41, 5.74) is 5.07. The topological polar surface area (TPSA) is 96.7 Å². The molecule has 1 aliphatic heterocycles.